The molecule has 8 heteroatoms. The van der Waals surface area contributed by atoms with Gasteiger partial charge in [0.15, 0.2) is 0 Å². The van der Waals surface area contributed by atoms with Crippen molar-refractivity contribution in [3.63, 3.8) is 0 Å². The van der Waals surface area contributed by atoms with Crippen molar-refractivity contribution in [3.05, 3.63) is 90.0 Å². The smallest absolute Gasteiger partial charge is 0.269 e. The Labute approximate surface area is 208 Å². The molecule has 1 atom stereocenters. The minimum atomic E-state index is -1.24. The minimum absolute atomic E-state index is 0.114. The number of thioether (sulfide) groups is 1. The molecule has 3 aromatic rings. The van der Waals surface area contributed by atoms with Crippen molar-refractivity contribution in [2.24, 2.45) is 0 Å². The van der Waals surface area contributed by atoms with Gasteiger partial charge in [0, 0.05) is 17.8 Å². The van der Waals surface area contributed by atoms with Crippen molar-refractivity contribution >= 4 is 40.9 Å². The van der Waals surface area contributed by atoms with E-state index in [0.29, 0.717) is 35.7 Å². The standard InChI is InChI=1S/C27H25N3O4S/c1-34-21-13-11-20(12-14-21)30-25(32)18-35-27(30)22-9-5-6-10-23(22)29(26(27)33)17-24(31)28-16-15-19-7-3-2-4-8-19/h2-14H,15-18H2,1H3,(H,28,31). The molecule has 7 nitrogen and oxygen atoms in total. The number of methoxy groups -OCH3 is 1. The molecule has 0 aromatic heterocycles. The average molecular weight is 488 g/mol. The van der Waals surface area contributed by atoms with Crippen LogP contribution in [0.3, 0.4) is 0 Å². The lowest BCUT2D eigenvalue weighted by atomic mass is 10.0. The van der Waals surface area contributed by atoms with Gasteiger partial charge in [-0.25, -0.2) is 0 Å². The Kier molecular flexibility index (Phi) is 6.21. The first-order valence-corrected chi connectivity index (χ1v) is 12.4. The molecule has 3 amide bonds. The van der Waals surface area contributed by atoms with Crippen LogP contribution in [0, 0.1) is 0 Å². The maximum atomic E-state index is 14.0. The SMILES string of the molecule is COc1ccc(N2C(=O)CSC23C(=O)N(CC(=O)NCCc2ccccc2)c2ccccc23)cc1. The van der Waals surface area contributed by atoms with Gasteiger partial charge in [0.05, 0.1) is 18.6 Å². The number of carbonyl (C=O) groups excluding carboxylic acids is 3. The highest BCUT2D eigenvalue weighted by atomic mass is 32.2. The van der Waals surface area contributed by atoms with Crippen LogP contribution in [0.15, 0.2) is 78.9 Å². The maximum Gasteiger partial charge on any atom is 0.269 e. The number of nitrogens with one attached hydrogen (secondary N) is 1. The van der Waals surface area contributed by atoms with Gasteiger partial charge in [0.1, 0.15) is 12.3 Å². The zero-order chi connectivity index (χ0) is 24.4. The van der Waals surface area contributed by atoms with Crippen molar-refractivity contribution < 1.29 is 19.1 Å². The monoisotopic (exact) mass is 487 g/mol. The highest BCUT2D eigenvalue weighted by Crippen LogP contribution is 2.55. The van der Waals surface area contributed by atoms with Crippen LogP contribution in [0.4, 0.5) is 11.4 Å². The van der Waals surface area contributed by atoms with Crippen molar-refractivity contribution in [1.29, 1.82) is 0 Å². The molecule has 2 aliphatic heterocycles. The summed E-state index contributed by atoms with van der Waals surface area (Å²) in [5.41, 5.74) is 3.11. The summed E-state index contributed by atoms with van der Waals surface area (Å²) in [5.74, 6) is 0.144. The molecule has 178 valence electrons. The topological polar surface area (TPSA) is 79.0 Å². The molecule has 1 spiro atoms. The molecule has 35 heavy (non-hydrogen) atoms. The number of hydrogen-bond donors (Lipinski definition) is 1. The van der Waals surface area contributed by atoms with Gasteiger partial charge in [-0.1, -0.05) is 48.5 Å². The van der Waals surface area contributed by atoms with Gasteiger partial charge in [-0.3, -0.25) is 24.2 Å². The normalized spacial score (nSPS) is 18.8. The molecule has 0 aliphatic carbocycles. The summed E-state index contributed by atoms with van der Waals surface area (Å²) in [6, 6.07) is 24.4. The quantitative estimate of drug-likeness (QED) is 0.553. The third kappa shape index (κ3) is 4.04. The highest BCUT2D eigenvalue weighted by molar-refractivity contribution is 8.02. The van der Waals surface area contributed by atoms with E-state index < -0.39 is 4.87 Å². The fourth-order valence-electron chi connectivity index (χ4n) is 4.63. The summed E-state index contributed by atoms with van der Waals surface area (Å²) in [5, 5.41) is 2.92. The third-order valence-corrected chi connectivity index (χ3v) is 7.66. The second-order valence-corrected chi connectivity index (χ2v) is 9.52. The van der Waals surface area contributed by atoms with Crippen molar-refractivity contribution in [2.45, 2.75) is 11.3 Å². The second kappa shape index (κ2) is 9.46. The Hall–Kier alpha value is -3.78. The lowest BCUT2D eigenvalue weighted by molar-refractivity contribution is -0.125. The fraction of sp³-hybridized carbons (Fsp3) is 0.222. The van der Waals surface area contributed by atoms with Crippen molar-refractivity contribution in [1.82, 2.24) is 5.32 Å². The number of anilines is 2. The number of nitrogens with zero attached hydrogens (tertiary/aromatic N) is 2. The van der Waals surface area contributed by atoms with E-state index in [9.17, 15) is 14.4 Å². The van der Waals surface area contributed by atoms with Crippen LogP contribution < -0.4 is 19.9 Å². The highest BCUT2D eigenvalue weighted by Gasteiger charge is 2.61. The summed E-state index contributed by atoms with van der Waals surface area (Å²) in [7, 11) is 1.58. The Morgan fingerprint density at radius 2 is 1.71 bits per heavy atom. The Morgan fingerprint density at radius 1 is 1.00 bits per heavy atom. The van der Waals surface area contributed by atoms with Gasteiger partial charge >= 0.3 is 0 Å². The molecule has 1 N–H and O–H groups in total. The van der Waals surface area contributed by atoms with Gasteiger partial charge < -0.3 is 10.1 Å². The largest absolute Gasteiger partial charge is 0.497 e. The van der Waals surface area contributed by atoms with Gasteiger partial charge in [-0.2, -0.15) is 0 Å². The Morgan fingerprint density at radius 3 is 2.46 bits per heavy atom. The predicted molar refractivity (Wildman–Crippen MR) is 137 cm³/mol. The van der Waals surface area contributed by atoms with Crippen LogP contribution in [-0.2, 0) is 25.7 Å². The van der Waals surface area contributed by atoms with E-state index in [-0.39, 0.29) is 30.0 Å². The molecule has 2 heterocycles. The van der Waals surface area contributed by atoms with Gasteiger partial charge in [0.2, 0.25) is 16.7 Å². The number of fused-ring (bicyclic) bond motifs is 2. The fourth-order valence-corrected chi connectivity index (χ4v) is 5.99. The van der Waals surface area contributed by atoms with Crippen LogP contribution >= 0.6 is 11.8 Å². The molecule has 0 saturated carbocycles. The molecular weight excluding hydrogens is 462 g/mol. The van der Waals surface area contributed by atoms with Crippen molar-refractivity contribution in [3.8, 4) is 5.75 Å². The number of benzene rings is 3. The van der Waals surface area contributed by atoms with Gasteiger partial charge in [-0.15, -0.1) is 11.8 Å². The molecule has 3 aromatic carbocycles. The van der Waals surface area contributed by atoms with Crippen LogP contribution in [-0.4, -0.2) is 43.7 Å². The van der Waals surface area contributed by atoms with E-state index in [4.69, 9.17) is 4.74 Å². The van der Waals surface area contributed by atoms with E-state index >= 15 is 0 Å². The lowest BCUT2D eigenvalue weighted by Crippen LogP contribution is -2.51. The minimum Gasteiger partial charge on any atom is -0.497 e. The van der Waals surface area contributed by atoms with Crippen LogP contribution in [0.2, 0.25) is 0 Å². The number of hydrogen-bond acceptors (Lipinski definition) is 5. The molecule has 0 bridgehead atoms. The van der Waals surface area contributed by atoms with Crippen LogP contribution in [0.1, 0.15) is 11.1 Å². The maximum absolute atomic E-state index is 14.0. The molecular formula is C27H25N3O4S. The van der Waals surface area contributed by atoms with Crippen LogP contribution in [0.25, 0.3) is 0 Å². The zero-order valence-electron chi connectivity index (χ0n) is 19.3. The van der Waals surface area contributed by atoms with E-state index in [1.807, 2.05) is 54.6 Å². The third-order valence-electron chi connectivity index (χ3n) is 6.27. The number of para-hydroxylation sites is 1. The molecule has 1 unspecified atom stereocenters. The van der Waals surface area contributed by atoms with E-state index in [1.54, 1.807) is 36.3 Å². The van der Waals surface area contributed by atoms with E-state index in [2.05, 4.69) is 5.32 Å². The number of amides is 3. The van der Waals surface area contributed by atoms with E-state index in [1.165, 1.54) is 16.7 Å². The number of rotatable bonds is 7. The first-order chi connectivity index (χ1) is 17.0. The Balaban J connectivity index is 1.40. The summed E-state index contributed by atoms with van der Waals surface area (Å²) >= 11 is 1.29. The molecule has 2 aliphatic rings. The zero-order valence-corrected chi connectivity index (χ0v) is 20.1. The summed E-state index contributed by atoms with van der Waals surface area (Å²) in [4.78, 5) is 41.7. The second-order valence-electron chi connectivity index (χ2n) is 8.35. The summed E-state index contributed by atoms with van der Waals surface area (Å²) in [6.07, 6.45) is 0.705. The lowest BCUT2D eigenvalue weighted by Gasteiger charge is -2.33. The first kappa shape index (κ1) is 23.0. The van der Waals surface area contributed by atoms with Gasteiger partial charge in [-0.05, 0) is 42.3 Å². The first-order valence-electron chi connectivity index (χ1n) is 11.4. The van der Waals surface area contributed by atoms with E-state index in [0.717, 1.165) is 5.56 Å². The summed E-state index contributed by atoms with van der Waals surface area (Å²) < 4.78 is 5.25. The Bertz CT molecular complexity index is 1260. The predicted octanol–water partition coefficient (Wildman–Crippen LogP) is 3.33. The number of ether oxygens (including phenoxy) is 1. The average Bonchev–Trinajstić information content (AvgIpc) is 3.35. The molecule has 1 saturated heterocycles. The number of carbonyl (C=O) groups is 3. The molecule has 0 radical (unpaired) electrons. The van der Waals surface area contributed by atoms with Crippen molar-refractivity contribution in [2.75, 3.05) is 35.8 Å². The molecule has 1 fully saturated rings. The van der Waals surface area contributed by atoms with Gasteiger partial charge in [0.25, 0.3) is 5.91 Å². The summed E-state index contributed by atoms with van der Waals surface area (Å²) in [6.45, 7) is 0.362. The molecule has 5 rings (SSSR count). The van der Waals surface area contributed by atoms with Crippen LogP contribution in [0.5, 0.6) is 5.75 Å².